The Kier molecular flexibility index (Phi) is 2.25. The molecule has 1 spiro atoms. The molecule has 2 aliphatic heterocycles. The first-order chi connectivity index (χ1) is 10.6. The first kappa shape index (κ1) is 12.9. The van der Waals surface area contributed by atoms with Gasteiger partial charge in [-0.05, 0) is 37.4 Å². The second-order valence-corrected chi connectivity index (χ2v) is 6.95. The van der Waals surface area contributed by atoms with Crippen LogP contribution >= 0.6 is 0 Å². The minimum absolute atomic E-state index is 0.00713. The molecule has 2 bridgehead atoms. The summed E-state index contributed by atoms with van der Waals surface area (Å²) < 4.78 is 11.6. The van der Waals surface area contributed by atoms with Crippen molar-refractivity contribution in [3.8, 4) is 11.5 Å². The zero-order chi connectivity index (χ0) is 15.1. The third-order valence-corrected chi connectivity index (χ3v) is 6.29. The second-order valence-electron chi connectivity index (χ2n) is 6.95. The van der Waals surface area contributed by atoms with Crippen molar-refractivity contribution >= 4 is 5.78 Å². The molecule has 2 N–H and O–H groups in total. The van der Waals surface area contributed by atoms with Crippen LogP contribution < -0.4 is 14.8 Å². The SMILES string of the molecule is COc1ccc2c3c1O[C@@H]1C(=O)CC[C@]4(O)[C@@H](C2)NCC[C@]314. The lowest BCUT2D eigenvalue weighted by atomic mass is 9.49. The molecule has 1 saturated carbocycles. The lowest BCUT2D eigenvalue weighted by molar-refractivity contribution is -0.166. The molecule has 0 radical (unpaired) electrons. The van der Waals surface area contributed by atoms with E-state index >= 15 is 0 Å². The summed E-state index contributed by atoms with van der Waals surface area (Å²) in [4.78, 5) is 12.6. The van der Waals surface area contributed by atoms with Crippen molar-refractivity contribution in [2.45, 2.75) is 48.8 Å². The molecule has 0 amide bonds. The van der Waals surface area contributed by atoms with E-state index in [4.69, 9.17) is 9.47 Å². The number of hydrogen-bond acceptors (Lipinski definition) is 5. The van der Waals surface area contributed by atoms with Gasteiger partial charge in [-0.25, -0.2) is 0 Å². The maximum absolute atomic E-state index is 12.6. The van der Waals surface area contributed by atoms with Crippen LogP contribution in [0.25, 0.3) is 0 Å². The van der Waals surface area contributed by atoms with Gasteiger partial charge in [0.2, 0.25) is 0 Å². The molecule has 0 aromatic heterocycles. The molecule has 1 aromatic rings. The highest BCUT2D eigenvalue weighted by atomic mass is 16.5. The minimum atomic E-state index is -0.908. The van der Waals surface area contributed by atoms with Gasteiger partial charge in [-0.3, -0.25) is 4.79 Å². The van der Waals surface area contributed by atoms with Crippen LogP contribution in [0.5, 0.6) is 11.5 Å². The molecule has 22 heavy (non-hydrogen) atoms. The number of benzene rings is 1. The van der Waals surface area contributed by atoms with Crippen LogP contribution in [-0.2, 0) is 16.6 Å². The highest BCUT2D eigenvalue weighted by molar-refractivity contribution is 5.90. The van der Waals surface area contributed by atoms with Gasteiger partial charge in [-0.2, -0.15) is 0 Å². The number of hydrogen-bond donors (Lipinski definition) is 2. The molecular weight excluding hydrogens is 282 g/mol. The third-order valence-electron chi connectivity index (χ3n) is 6.29. The molecule has 4 aliphatic rings. The fourth-order valence-corrected chi connectivity index (χ4v) is 5.37. The van der Waals surface area contributed by atoms with Gasteiger partial charge in [0, 0.05) is 18.0 Å². The van der Waals surface area contributed by atoms with Gasteiger partial charge >= 0.3 is 0 Å². The summed E-state index contributed by atoms with van der Waals surface area (Å²) in [5, 5.41) is 15.0. The van der Waals surface area contributed by atoms with Gasteiger partial charge in [0.05, 0.1) is 18.1 Å². The number of aliphatic hydroxyl groups is 1. The first-order valence-corrected chi connectivity index (χ1v) is 7.97. The normalized spacial score (nSPS) is 40.9. The number of carbonyl (C=O) groups excluding carboxylic acids is 1. The second kappa shape index (κ2) is 3.84. The lowest BCUT2D eigenvalue weighted by Gasteiger charge is -2.59. The minimum Gasteiger partial charge on any atom is -0.493 e. The fraction of sp³-hybridized carbons (Fsp3) is 0.588. The summed E-state index contributed by atoms with van der Waals surface area (Å²) in [7, 11) is 1.61. The zero-order valence-electron chi connectivity index (χ0n) is 12.5. The Bertz CT molecular complexity index is 702. The van der Waals surface area contributed by atoms with Gasteiger partial charge in [-0.15, -0.1) is 0 Å². The fourth-order valence-electron chi connectivity index (χ4n) is 5.37. The van der Waals surface area contributed by atoms with Gasteiger partial charge < -0.3 is 19.9 Å². The molecular formula is C17H19NO4. The average molecular weight is 301 g/mol. The van der Waals surface area contributed by atoms with Crippen molar-refractivity contribution in [2.24, 2.45) is 0 Å². The zero-order valence-corrected chi connectivity index (χ0v) is 12.5. The number of ether oxygens (including phenoxy) is 2. The first-order valence-electron chi connectivity index (χ1n) is 7.97. The molecule has 1 aromatic carbocycles. The van der Waals surface area contributed by atoms with E-state index in [9.17, 15) is 9.90 Å². The predicted molar refractivity (Wildman–Crippen MR) is 78.4 cm³/mol. The maximum atomic E-state index is 12.6. The van der Waals surface area contributed by atoms with E-state index in [1.807, 2.05) is 6.07 Å². The molecule has 5 nitrogen and oxygen atoms in total. The van der Waals surface area contributed by atoms with Crippen LogP contribution in [0.2, 0.25) is 0 Å². The van der Waals surface area contributed by atoms with Crippen LogP contribution in [0.4, 0.5) is 0 Å². The van der Waals surface area contributed by atoms with Gasteiger partial charge in [0.1, 0.15) is 0 Å². The van der Waals surface area contributed by atoms with Gasteiger partial charge in [0.15, 0.2) is 23.4 Å². The Balaban J connectivity index is 1.87. The topological polar surface area (TPSA) is 67.8 Å². The summed E-state index contributed by atoms with van der Waals surface area (Å²) in [6, 6.07) is 3.96. The van der Waals surface area contributed by atoms with E-state index in [2.05, 4.69) is 11.4 Å². The number of piperidine rings is 1. The summed E-state index contributed by atoms with van der Waals surface area (Å²) in [5.74, 6) is 1.45. The smallest absolute Gasteiger partial charge is 0.174 e. The molecule has 4 atom stereocenters. The third kappa shape index (κ3) is 1.16. The van der Waals surface area contributed by atoms with Crippen LogP contribution in [-0.4, -0.2) is 42.3 Å². The van der Waals surface area contributed by atoms with E-state index in [0.29, 0.717) is 24.3 Å². The molecule has 5 rings (SSSR count). The highest BCUT2D eigenvalue weighted by Crippen LogP contribution is 2.63. The Morgan fingerprint density at radius 1 is 1.41 bits per heavy atom. The van der Waals surface area contributed by atoms with Gasteiger partial charge in [-0.1, -0.05) is 6.07 Å². The predicted octanol–water partition coefficient (Wildman–Crippen LogP) is 0.706. The molecule has 2 fully saturated rings. The summed E-state index contributed by atoms with van der Waals surface area (Å²) in [6.45, 7) is 0.802. The number of ketones is 1. The standard InChI is InChI=1S/C17H19NO4/c1-21-11-3-2-9-8-12-17(20)5-4-10(19)15-16(17,6-7-18-12)13(9)14(11)22-15/h2-3,12,15,18,20H,4-8H2,1H3/t12-,15-,16+,17+/m1/s1. The van der Waals surface area contributed by atoms with Crippen LogP contribution in [0.3, 0.4) is 0 Å². The maximum Gasteiger partial charge on any atom is 0.174 e. The number of methoxy groups -OCH3 is 1. The molecule has 2 aliphatic carbocycles. The highest BCUT2D eigenvalue weighted by Gasteiger charge is 2.71. The summed E-state index contributed by atoms with van der Waals surface area (Å²) in [6.07, 6.45) is 1.83. The molecule has 1 saturated heterocycles. The Labute approximate surface area is 128 Å². The van der Waals surface area contributed by atoms with Crippen molar-refractivity contribution in [3.63, 3.8) is 0 Å². The Morgan fingerprint density at radius 2 is 2.27 bits per heavy atom. The number of nitrogens with one attached hydrogen (secondary N) is 1. The Hall–Kier alpha value is -1.59. The van der Waals surface area contributed by atoms with Crippen molar-refractivity contribution in [1.29, 1.82) is 0 Å². The van der Waals surface area contributed by atoms with E-state index in [1.165, 1.54) is 5.56 Å². The van der Waals surface area contributed by atoms with E-state index in [1.54, 1.807) is 7.11 Å². The van der Waals surface area contributed by atoms with Gasteiger partial charge in [0.25, 0.3) is 0 Å². The van der Waals surface area contributed by atoms with Crippen LogP contribution in [0.1, 0.15) is 30.4 Å². The van der Waals surface area contributed by atoms with Crippen molar-refractivity contribution in [3.05, 3.63) is 23.3 Å². The quantitative estimate of drug-likeness (QED) is 0.799. The van der Waals surface area contributed by atoms with Crippen LogP contribution in [0, 0.1) is 0 Å². The van der Waals surface area contributed by atoms with Crippen molar-refractivity contribution < 1.29 is 19.4 Å². The Morgan fingerprint density at radius 3 is 3.09 bits per heavy atom. The summed E-state index contributed by atoms with van der Waals surface area (Å²) >= 11 is 0. The monoisotopic (exact) mass is 301 g/mol. The molecule has 116 valence electrons. The molecule has 0 unspecified atom stereocenters. The van der Waals surface area contributed by atoms with E-state index in [0.717, 1.165) is 24.9 Å². The van der Waals surface area contributed by atoms with E-state index < -0.39 is 17.1 Å². The van der Waals surface area contributed by atoms with E-state index in [-0.39, 0.29) is 11.8 Å². The molecule has 2 heterocycles. The number of carbonyl (C=O) groups is 1. The van der Waals surface area contributed by atoms with Crippen molar-refractivity contribution in [2.75, 3.05) is 13.7 Å². The number of Topliss-reactive ketones (excluding diaryl/α,β-unsaturated/α-hetero) is 1. The molecule has 5 heteroatoms. The largest absolute Gasteiger partial charge is 0.493 e. The van der Waals surface area contributed by atoms with Crippen molar-refractivity contribution in [1.82, 2.24) is 5.32 Å². The average Bonchev–Trinajstić information content (AvgIpc) is 2.85. The summed E-state index contributed by atoms with van der Waals surface area (Å²) in [5.41, 5.74) is 0.699. The van der Waals surface area contributed by atoms with Crippen LogP contribution in [0.15, 0.2) is 12.1 Å². The lowest BCUT2D eigenvalue weighted by Crippen LogP contribution is -2.76. The number of rotatable bonds is 1.